The third-order valence-electron chi connectivity index (χ3n) is 2.56. The molecule has 0 spiro atoms. The van der Waals surface area contributed by atoms with Gasteiger partial charge in [0.1, 0.15) is 11.4 Å². The van der Waals surface area contributed by atoms with Gasteiger partial charge >= 0.3 is 0 Å². The normalized spacial score (nSPS) is 12.6. The third kappa shape index (κ3) is 2.89. The molecule has 1 heterocycles. The Kier molecular flexibility index (Phi) is 3.85. The van der Waals surface area contributed by atoms with Gasteiger partial charge in [0, 0.05) is 18.2 Å². The number of hydrogen-bond donors (Lipinski definition) is 3. The maximum Gasteiger partial charge on any atom is 0.117 e. The van der Waals surface area contributed by atoms with Crippen LogP contribution in [0, 0.1) is 0 Å². The summed E-state index contributed by atoms with van der Waals surface area (Å²) in [5, 5.41) is 23.0. The molecule has 2 rings (SSSR count). The van der Waals surface area contributed by atoms with Gasteiger partial charge in [0.25, 0.3) is 0 Å². The molecule has 0 bridgehead atoms. The van der Waals surface area contributed by atoms with E-state index in [-0.39, 0.29) is 12.6 Å². The average molecular weight is 232 g/mol. The van der Waals surface area contributed by atoms with Gasteiger partial charge in [-0.25, -0.2) is 0 Å². The fourth-order valence-corrected chi connectivity index (χ4v) is 1.54. The summed E-state index contributed by atoms with van der Waals surface area (Å²) in [6.07, 6.45) is 0. The second-order valence-corrected chi connectivity index (χ2v) is 3.95. The highest BCUT2D eigenvalue weighted by molar-refractivity contribution is 5.60. The zero-order valence-corrected chi connectivity index (χ0v) is 9.72. The lowest BCUT2D eigenvalue weighted by Gasteiger charge is -2.09. The maximum absolute atomic E-state index is 8.94. The van der Waals surface area contributed by atoms with Crippen LogP contribution in [0.3, 0.4) is 0 Å². The molecule has 3 N–H and O–H groups in total. The first-order valence-electron chi connectivity index (χ1n) is 5.60. The molecule has 1 aromatic heterocycles. The van der Waals surface area contributed by atoms with E-state index in [1.54, 1.807) is 0 Å². The van der Waals surface area contributed by atoms with Crippen LogP contribution in [0.1, 0.15) is 12.6 Å². The molecule has 0 aliphatic carbocycles. The van der Waals surface area contributed by atoms with Crippen LogP contribution >= 0.6 is 0 Å². The molecule has 5 nitrogen and oxygen atoms in total. The molecule has 5 heteroatoms. The van der Waals surface area contributed by atoms with Gasteiger partial charge in [-0.15, -0.1) is 0 Å². The Labute approximate surface area is 99.9 Å². The van der Waals surface area contributed by atoms with Gasteiger partial charge in [-0.1, -0.05) is 30.3 Å². The van der Waals surface area contributed by atoms with Gasteiger partial charge in [0.05, 0.1) is 6.61 Å². The Morgan fingerprint density at radius 1 is 1.29 bits per heavy atom. The van der Waals surface area contributed by atoms with E-state index in [0.29, 0.717) is 6.54 Å². The number of aliphatic hydroxyl groups excluding tert-OH is 1. The van der Waals surface area contributed by atoms with Crippen molar-refractivity contribution in [2.75, 3.05) is 6.61 Å². The van der Waals surface area contributed by atoms with Crippen LogP contribution in [-0.2, 0) is 6.54 Å². The van der Waals surface area contributed by atoms with Gasteiger partial charge in [-0.05, 0) is 6.92 Å². The minimum absolute atomic E-state index is 0.0512. The van der Waals surface area contributed by atoms with E-state index in [1.165, 1.54) is 0 Å². The molecule has 0 saturated carbocycles. The fourth-order valence-electron chi connectivity index (χ4n) is 1.54. The van der Waals surface area contributed by atoms with Crippen LogP contribution in [0.5, 0.6) is 0 Å². The standard InChI is InChI=1S/C12H16N4O/c1-9(8-17)13-7-11-12(15-16-14-11)10-5-3-2-4-6-10/h2-6,9,13,17H,7-8H2,1H3,(H,14,15,16)/t9-/m1/s1. The summed E-state index contributed by atoms with van der Waals surface area (Å²) in [7, 11) is 0. The van der Waals surface area contributed by atoms with Gasteiger partial charge in [0.2, 0.25) is 0 Å². The van der Waals surface area contributed by atoms with Crippen LogP contribution in [-0.4, -0.2) is 33.2 Å². The van der Waals surface area contributed by atoms with E-state index >= 15 is 0 Å². The van der Waals surface area contributed by atoms with E-state index in [9.17, 15) is 0 Å². The molecule has 90 valence electrons. The van der Waals surface area contributed by atoms with Crippen molar-refractivity contribution in [3.8, 4) is 11.3 Å². The molecule has 0 aliphatic heterocycles. The van der Waals surface area contributed by atoms with Gasteiger partial charge < -0.3 is 10.4 Å². The first-order valence-corrected chi connectivity index (χ1v) is 5.60. The molecule has 1 atom stereocenters. The zero-order chi connectivity index (χ0) is 12.1. The highest BCUT2D eigenvalue weighted by atomic mass is 16.3. The first kappa shape index (κ1) is 11.8. The second-order valence-electron chi connectivity index (χ2n) is 3.95. The molecule has 2 aromatic rings. The number of H-pyrrole nitrogens is 1. The Morgan fingerprint density at radius 2 is 2.06 bits per heavy atom. The number of rotatable bonds is 5. The molecule has 0 aliphatic rings. The van der Waals surface area contributed by atoms with Crippen LogP contribution in [0.15, 0.2) is 30.3 Å². The van der Waals surface area contributed by atoms with Crippen molar-refractivity contribution in [3.63, 3.8) is 0 Å². The van der Waals surface area contributed by atoms with Gasteiger partial charge in [0.15, 0.2) is 0 Å². The minimum Gasteiger partial charge on any atom is -0.395 e. The van der Waals surface area contributed by atoms with Crippen molar-refractivity contribution in [1.82, 2.24) is 20.7 Å². The summed E-state index contributed by atoms with van der Waals surface area (Å²) in [6, 6.07) is 9.95. The Morgan fingerprint density at radius 3 is 2.76 bits per heavy atom. The lowest BCUT2D eigenvalue weighted by atomic mass is 10.1. The Balaban J connectivity index is 2.12. The fraction of sp³-hybridized carbons (Fsp3) is 0.333. The summed E-state index contributed by atoms with van der Waals surface area (Å²) in [5.41, 5.74) is 2.74. The number of aromatic nitrogens is 3. The second kappa shape index (κ2) is 5.56. The summed E-state index contributed by atoms with van der Waals surface area (Å²) in [6.45, 7) is 2.61. The SMILES string of the molecule is C[C@H](CO)NCc1n[nH]nc1-c1ccccc1. The molecule has 0 radical (unpaired) electrons. The van der Waals surface area contributed by atoms with Crippen LogP contribution in [0.4, 0.5) is 0 Å². The molecule has 0 amide bonds. The lowest BCUT2D eigenvalue weighted by molar-refractivity contribution is 0.250. The quantitative estimate of drug-likeness (QED) is 0.717. The largest absolute Gasteiger partial charge is 0.395 e. The number of nitrogens with zero attached hydrogens (tertiary/aromatic N) is 2. The Hall–Kier alpha value is -1.72. The van der Waals surface area contributed by atoms with Crippen molar-refractivity contribution in [2.24, 2.45) is 0 Å². The van der Waals surface area contributed by atoms with E-state index in [2.05, 4.69) is 20.7 Å². The average Bonchev–Trinajstić information content (AvgIpc) is 2.85. The number of benzene rings is 1. The minimum atomic E-state index is 0.0512. The zero-order valence-electron chi connectivity index (χ0n) is 9.72. The smallest absolute Gasteiger partial charge is 0.117 e. The predicted molar refractivity (Wildman–Crippen MR) is 65.2 cm³/mol. The van der Waals surface area contributed by atoms with Gasteiger partial charge in [-0.3, -0.25) is 0 Å². The first-order chi connectivity index (χ1) is 8.31. The topological polar surface area (TPSA) is 73.8 Å². The number of nitrogens with one attached hydrogen (secondary N) is 2. The van der Waals surface area contributed by atoms with E-state index in [1.807, 2.05) is 37.3 Å². The van der Waals surface area contributed by atoms with Crippen molar-refractivity contribution in [3.05, 3.63) is 36.0 Å². The highest BCUT2D eigenvalue weighted by Gasteiger charge is 2.10. The van der Waals surface area contributed by atoms with Crippen molar-refractivity contribution in [1.29, 1.82) is 0 Å². The third-order valence-corrected chi connectivity index (χ3v) is 2.56. The summed E-state index contributed by atoms with van der Waals surface area (Å²) >= 11 is 0. The van der Waals surface area contributed by atoms with E-state index in [4.69, 9.17) is 5.11 Å². The molecule has 0 fully saturated rings. The van der Waals surface area contributed by atoms with Gasteiger partial charge in [-0.2, -0.15) is 15.4 Å². The summed E-state index contributed by atoms with van der Waals surface area (Å²) in [4.78, 5) is 0. The molecular weight excluding hydrogens is 216 g/mol. The van der Waals surface area contributed by atoms with Crippen molar-refractivity contribution in [2.45, 2.75) is 19.5 Å². The molecule has 17 heavy (non-hydrogen) atoms. The molecule has 1 aromatic carbocycles. The van der Waals surface area contributed by atoms with Crippen molar-refractivity contribution >= 4 is 0 Å². The lowest BCUT2D eigenvalue weighted by Crippen LogP contribution is -2.28. The number of aromatic amines is 1. The number of aliphatic hydroxyl groups is 1. The summed E-state index contributed by atoms with van der Waals surface area (Å²) < 4.78 is 0. The Bertz CT molecular complexity index is 455. The van der Waals surface area contributed by atoms with E-state index in [0.717, 1.165) is 17.0 Å². The van der Waals surface area contributed by atoms with Crippen LogP contribution in [0.25, 0.3) is 11.3 Å². The molecular formula is C12H16N4O. The molecule has 0 unspecified atom stereocenters. The van der Waals surface area contributed by atoms with Crippen LogP contribution < -0.4 is 5.32 Å². The summed E-state index contributed by atoms with van der Waals surface area (Å²) in [5.74, 6) is 0. The highest BCUT2D eigenvalue weighted by Crippen LogP contribution is 2.18. The predicted octanol–water partition coefficient (Wildman–Crippen LogP) is 0.942. The van der Waals surface area contributed by atoms with Crippen molar-refractivity contribution < 1.29 is 5.11 Å². The van der Waals surface area contributed by atoms with E-state index < -0.39 is 0 Å². The number of hydrogen-bond acceptors (Lipinski definition) is 4. The van der Waals surface area contributed by atoms with Crippen LogP contribution in [0.2, 0.25) is 0 Å². The maximum atomic E-state index is 8.94. The monoisotopic (exact) mass is 232 g/mol. The molecule has 0 saturated heterocycles.